The van der Waals surface area contributed by atoms with E-state index in [9.17, 15) is 32.3 Å². The number of urea groups is 1. The third-order valence-corrected chi connectivity index (χ3v) is 12.8. The van der Waals surface area contributed by atoms with Gasteiger partial charge in [-0.2, -0.15) is 13.2 Å². The number of alkyl halides is 3. The molecule has 13 nitrogen and oxygen atoms in total. The second kappa shape index (κ2) is 20.5. The van der Waals surface area contributed by atoms with E-state index < -0.39 is 35.5 Å². The van der Waals surface area contributed by atoms with E-state index in [4.69, 9.17) is 26.8 Å². The number of fused-ring (bicyclic) bond motifs is 1. The molecule has 6 rings (SSSR count). The van der Waals surface area contributed by atoms with Crippen molar-refractivity contribution < 1.29 is 41.8 Å². The highest BCUT2D eigenvalue weighted by Gasteiger charge is 2.39. The molecule has 4 aliphatic heterocycles. The number of para-hydroxylation sites is 1. The molecule has 4 amide bonds. The van der Waals surface area contributed by atoms with Crippen molar-refractivity contribution in [2.45, 2.75) is 108 Å². The lowest BCUT2D eigenvalue weighted by Crippen LogP contribution is -2.57. The number of carbonyl (C=O) groups excluding carboxylic acids is 4. The van der Waals surface area contributed by atoms with Crippen LogP contribution in [0.25, 0.3) is 0 Å². The first kappa shape index (κ1) is 45.3. The summed E-state index contributed by atoms with van der Waals surface area (Å²) in [4.78, 5) is 63.1. The Balaban J connectivity index is 1.05. The minimum absolute atomic E-state index is 0.0551. The van der Waals surface area contributed by atoms with Crippen LogP contribution >= 0.6 is 11.6 Å². The molecule has 4 aliphatic rings. The lowest BCUT2D eigenvalue weighted by molar-refractivity contribution is -0.150. The number of nitrogen functional groups attached to an aromatic ring is 1. The van der Waals surface area contributed by atoms with E-state index >= 15 is 0 Å². The molecule has 1 unspecified atom stereocenters. The van der Waals surface area contributed by atoms with Crippen LogP contribution in [-0.4, -0.2) is 138 Å². The van der Waals surface area contributed by atoms with Gasteiger partial charge in [-0.25, -0.2) is 9.59 Å². The molecule has 3 N–H and O–H groups in total. The lowest BCUT2D eigenvalue weighted by Gasteiger charge is -2.44. The van der Waals surface area contributed by atoms with Crippen molar-refractivity contribution >= 4 is 47.0 Å². The van der Waals surface area contributed by atoms with Crippen LogP contribution < -0.4 is 11.1 Å². The summed E-state index contributed by atoms with van der Waals surface area (Å²) < 4.78 is 53.2. The Kier molecular flexibility index (Phi) is 15.5. The molecule has 17 heteroatoms. The Morgan fingerprint density at radius 1 is 0.900 bits per heavy atom. The molecule has 0 spiro atoms. The molecule has 3 fully saturated rings. The van der Waals surface area contributed by atoms with E-state index in [2.05, 4.69) is 22.0 Å². The number of piperazine rings is 1. The topological polar surface area (TPSA) is 141 Å². The second-order valence-electron chi connectivity index (χ2n) is 16.4. The summed E-state index contributed by atoms with van der Waals surface area (Å²) in [5.41, 5.74) is 5.84. The summed E-state index contributed by atoms with van der Waals surface area (Å²) >= 11 is 6.16. The Morgan fingerprint density at radius 2 is 1.58 bits per heavy atom. The molecule has 330 valence electrons. The second-order valence-corrected chi connectivity index (χ2v) is 16.8. The predicted octanol–water partition coefficient (Wildman–Crippen LogP) is 6.66. The number of carbonyl (C=O) groups is 4. The van der Waals surface area contributed by atoms with Crippen LogP contribution in [0.1, 0.15) is 81.9 Å². The smallest absolute Gasteiger partial charge is 0.418 e. The molecule has 0 aliphatic carbocycles. The molecule has 4 heterocycles. The van der Waals surface area contributed by atoms with Gasteiger partial charge in [-0.05, 0) is 74.8 Å². The van der Waals surface area contributed by atoms with Crippen LogP contribution in [0.15, 0.2) is 36.4 Å². The maximum atomic E-state index is 14.2. The molecule has 0 radical (unpaired) electrons. The summed E-state index contributed by atoms with van der Waals surface area (Å²) in [5.74, 6) is -0.696. The lowest BCUT2D eigenvalue weighted by atomic mass is 10.00. The van der Waals surface area contributed by atoms with Crippen molar-refractivity contribution in [3.8, 4) is 0 Å². The molecule has 3 saturated heterocycles. The molecule has 0 bridgehead atoms. The number of hydrogen-bond donors (Lipinski definition) is 2. The van der Waals surface area contributed by atoms with Gasteiger partial charge >= 0.3 is 24.3 Å². The van der Waals surface area contributed by atoms with Gasteiger partial charge in [0.2, 0.25) is 0 Å². The average molecular weight is 862 g/mol. The van der Waals surface area contributed by atoms with Gasteiger partial charge in [-0.3, -0.25) is 19.4 Å². The summed E-state index contributed by atoms with van der Waals surface area (Å²) in [6.45, 7) is 8.86. The number of benzene rings is 2. The maximum Gasteiger partial charge on any atom is 0.418 e. The number of hydrogen-bond acceptors (Lipinski definition) is 9. The fourth-order valence-corrected chi connectivity index (χ4v) is 9.08. The Labute approximate surface area is 355 Å². The Bertz CT molecular complexity index is 1810. The minimum atomic E-state index is -4.79. The number of ether oxygens (including phenoxy) is 2. The number of piperidine rings is 2. The zero-order valence-corrected chi connectivity index (χ0v) is 35.4. The van der Waals surface area contributed by atoms with Crippen LogP contribution in [0.3, 0.4) is 0 Å². The van der Waals surface area contributed by atoms with Gasteiger partial charge in [0.25, 0.3) is 5.91 Å². The number of amides is 4. The van der Waals surface area contributed by atoms with Crippen LogP contribution in [0, 0.1) is 0 Å². The number of nitrogens with two attached hydrogens (primary N) is 1. The molecule has 0 saturated carbocycles. The fourth-order valence-electron chi connectivity index (χ4n) is 8.83. The van der Waals surface area contributed by atoms with E-state index in [1.54, 1.807) is 9.80 Å². The first-order valence-corrected chi connectivity index (χ1v) is 21.8. The van der Waals surface area contributed by atoms with Gasteiger partial charge in [0.15, 0.2) is 6.10 Å². The summed E-state index contributed by atoms with van der Waals surface area (Å²) in [5, 5.41) is 2.68. The first-order chi connectivity index (χ1) is 28.7. The van der Waals surface area contributed by atoms with E-state index in [0.29, 0.717) is 58.6 Å². The summed E-state index contributed by atoms with van der Waals surface area (Å²) in [6, 6.07) is 9.42. The minimum Gasteiger partial charge on any atom is -0.465 e. The molecule has 2 aromatic rings. The Hall–Kier alpha value is -4.28. The Morgan fingerprint density at radius 3 is 2.27 bits per heavy atom. The van der Waals surface area contributed by atoms with Crippen LogP contribution in [0.4, 0.5) is 34.1 Å². The van der Waals surface area contributed by atoms with Gasteiger partial charge in [-0.15, -0.1) is 0 Å². The third-order valence-electron chi connectivity index (χ3n) is 12.5. The van der Waals surface area contributed by atoms with E-state index in [-0.39, 0.29) is 60.2 Å². The van der Waals surface area contributed by atoms with Crippen molar-refractivity contribution in [1.82, 2.24) is 24.5 Å². The highest BCUT2D eigenvalue weighted by Crippen LogP contribution is 2.38. The largest absolute Gasteiger partial charge is 0.465 e. The zero-order valence-electron chi connectivity index (χ0n) is 34.7. The number of unbranched alkanes of at least 4 members (excludes halogenated alkanes) is 3. The number of anilines is 2. The van der Waals surface area contributed by atoms with Crippen LogP contribution in [-0.2, 0) is 38.1 Å². The number of esters is 1. The molecular formula is C43H59ClF3N7O6. The van der Waals surface area contributed by atoms with Gasteiger partial charge in [0, 0.05) is 83.1 Å². The van der Waals surface area contributed by atoms with Gasteiger partial charge in [0.1, 0.15) is 6.04 Å². The predicted molar refractivity (Wildman–Crippen MR) is 223 cm³/mol. The third kappa shape index (κ3) is 11.3. The van der Waals surface area contributed by atoms with E-state index in [0.717, 1.165) is 68.9 Å². The number of nitrogens with zero attached hydrogens (tertiary/aromatic N) is 5. The standard InChI is InChI=1S/C43H59ClF3N7O6/c1-3-4-5-8-25-59-40(56)29(2)50-16-12-32(13-17-50)51-21-23-52(24-22-51)39(55)37(28-30-26-34(43(45,46)47)38(48)35(44)27-30)60-42(58)53-18-14-33(15-19-53)54-20-11-31-9-6-7-10-36(31)49-41(54)57/h6-7,9-10,26-27,29,32-33,37H,3-5,8,11-25,28,48H2,1-2H3,(H,49,57)/t29?,37-/m1/s1. The number of likely N-dealkylation sites (tertiary alicyclic amines) is 2. The first-order valence-electron chi connectivity index (χ1n) is 21.4. The summed E-state index contributed by atoms with van der Waals surface area (Å²) in [7, 11) is 0. The number of nitrogens with one attached hydrogen (secondary N) is 1. The molecule has 2 atom stereocenters. The highest BCUT2D eigenvalue weighted by atomic mass is 35.5. The number of halogens is 4. The van der Waals surface area contributed by atoms with Crippen molar-refractivity contribution in [1.29, 1.82) is 0 Å². The average Bonchev–Trinajstić information content (AvgIpc) is 3.41. The van der Waals surface area contributed by atoms with Gasteiger partial charge in [-0.1, -0.05) is 56.0 Å². The van der Waals surface area contributed by atoms with Crippen molar-refractivity contribution in [3.05, 3.63) is 58.1 Å². The van der Waals surface area contributed by atoms with Gasteiger partial charge < -0.3 is 35.2 Å². The highest BCUT2D eigenvalue weighted by molar-refractivity contribution is 6.33. The molecular weight excluding hydrogens is 803 g/mol. The number of rotatable bonds is 13. The van der Waals surface area contributed by atoms with Crippen molar-refractivity contribution in [2.75, 3.05) is 76.6 Å². The SMILES string of the molecule is CCCCCCOC(=O)C(C)N1CCC(N2CCN(C(=O)[C@@H](Cc3cc(Cl)c(N)c(C(F)(F)F)c3)OC(=O)N3CCC(N4CCc5ccccc5NC4=O)CC3)CC2)CC1. The van der Waals surface area contributed by atoms with Crippen molar-refractivity contribution in [3.63, 3.8) is 0 Å². The summed E-state index contributed by atoms with van der Waals surface area (Å²) in [6.07, 6.45) is 0.244. The van der Waals surface area contributed by atoms with Crippen LogP contribution in [0.2, 0.25) is 5.02 Å². The molecule has 60 heavy (non-hydrogen) atoms. The quantitative estimate of drug-likeness (QED) is 0.129. The molecule has 0 aromatic heterocycles. The van der Waals surface area contributed by atoms with E-state index in [1.807, 2.05) is 31.2 Å². The van der Waals surface area contributed by atoms with E-state index in [1.165, 1.54) is 11.0 Å². The molecule has 2 aromatic carbocycles. The fraction of sp³-hybridized carbons (Fsp3) is 0.628. The normalized spacial score (nSPS) is 19.9. The maximum absolute atomic E-state index is 14.2. The van der Waals surface area contributed by atoms with Crippen molar-refractivity contribution in [2.24, 2.45) is 0 Å². The monoisotopic (exact) mass is 861 g/mol. The zero-order chi connectivity index (χ0) is 43.0. The van der Waals surface area contributed by atoms with Crippen LogP contribution in [0.5, 0.6) is 0 Å². The van der Waals surface area contributed by atoms with Gasteiger partial charge in [0.05, 0.1) is 22.9 Å².